The topological polar surface area (TPSA) is 28.4 Å². The zero-order valence-corrected chi connectivity index (χ0v) is 12.2. The van der Waals surface area contributed by atoms with Crippen LogP contribution >= 0.6 is 15.9 Å². The molecule has 96 valence electrons. The van der Waals surface area contributed by atoms with Crippen LogP contribution in [0, 0.1) is 0 Å². The van der Waals surface area contributed by atoms with Gasteiger partial charge in [-0.05, 0) is 67.8 Å². The summed E-state index contributed by atoms with van der Waals surface area (Å²) < 4.78 is 6.34. The lowest BCUT2D eigenvalue weighted by Crippen LogP contribution is -2.39. The third-order valence-corrected chi connectivity index (χ3v) is 3.93. The van der Waals surface area contributed by atoms with E-state index in [9.17, 15) is 0 Å². The lowest BCUT2D eigenvalue weighted by molar-refractivity contribution is 0.244. The molecule has 1 fully saturated rings. The van der Waals surface area contributed by atoms with E-state index < -0.39 is 0 Å². The second kappa shape index (κ2) is 6.03. The number of likely N-dealkylation sites (tertiary alicyclic amines) is 1. The summed E-state index contributed by atoms with van der Waals surface area (Å²) in [6.45, 7) is 7.96. The predicted octanol–water partition coefficient (Wildman–Crippen LogP) is 3.18. The third kappa shape index (κ3) is 3.57. The van der Waals surface area contributed by atoms with Gasteiger partial charge in [-0.25, -0.2) is 0 Å². The van der Waals surface area contributed by atoms with Gasteiger partial charge in [0.05, 0.1) is 6.04 Å². The van der Waals surface area contributed by atoms with Gasteiger partial charge in [0.2, 0.25) is 0 Å². The van der Waals surface area contributed by atoms with Gasteiger partial charge in [-0.15, -0.1) is 0 Å². The summed E-state index contributed by atoms with van der Waals surface area (Å²) in [5.41, 5.74) is 0. The molecule has 1 aromatic rings. The fraction of sp³-hybridized carbons (Fsp3) is 0.692. The maximum absolute atomic E-state index is 5.54. The van der Waals surface area contributed by atoms with Crippen LogP contribution in [-0.4, -0.2) is 30.6 Å². The molecule has 2 rings (SSSR count). The molecule has 4 heteroatoms. The molecule has 1 aliphatic rings. The van der Waals surface area contributed by atoms with Gasteiger partial charge in [0, 0.05) is 12.6 Å². The molecule has 1 aliphatic heterocycles. The van der Waals surface area contributed by atoms with Crippen molar-refractivity contribution < 1.29 is 4.42 Å². The second-order valence-electron chi connectivity index (χ2n) is 4.86. The zero-order chi connectivity index (χ0) is 12.3. The fourth-order valence-electron chi connectivity index (χ4n) is 2.32. The monoisotopic (exact) mass is 300 g/mol. The van der Waals surface area contributed by atoms with E-state index in [-0.39, 0.29) is 6.04 Å². The van der Waals surface area contributed by atoms with Crippen molar-refractivity contribution in [1.82, 2.24) is 10.2 Å². The van der Waals surface area contributed by atoms with Gasteiger partial charge in [0.15, 0.2) is 4.67 Å². The highest BCUT2D eigenvalue weighted by Crippen LogP contribution is 2.20. The first-order valence-electron chi connectivity index (χ1n) is 6.39. The lowest BCUT2D eigenvalue weighted by Gasteiger charge is -2.25. The van der Waals surface area contributed by atoms with Crippen LogP contribution < -0.4 is 5.32 Å². The van der Waals surface area contributed by atoms with E-state index in [1.165, 1.54) is 25.9 Å². The standard InChI is InChI=1S/C13H21BrN2O/c1-10(16-7-3-4-8-16)9-15-11(2)12-5-6-13(14)17-12/h5-6,10-11,15H,3-4,7-9H2,1-2H3. The molecule has 2 heterocycles. The molecule has 2 atom stereocenters. The molecule has 0 aromatic carbocycles. The molecule has 0 aliphatic carbocycles. The first kappa shape index (κ1) is 13.1. The first-order chi connectivity index (χ1) is 8.16. The maximum Gasteiger partial charge on any atom is 0.169 e. The van der Waals surface area contributed by atoms with Crippen LogP contribution in [0.4, 0.5) is 0 Å². The van der Waals surface area contributed by atoms with E-state index in [4.69, 9.17) is 4.42 Å². The fourth-order valence-corrected chi connectivity index (χ4v) is 2.64. The van der Waals surface area contributed by atoms with E-state index in [1.807, 2.05) is 12.1 Å². The molecule has 1 saturated heterocycles. The van der Waals surface area contributed by atoms with Crippen molar-refractivity contribution in [2.75, 3.05) is 19.6 Å². The Morgan fingerprint density at radius 3 is 2.65 bits per heavy atom. The SMILES string of the molecule is CC(NCC(C)N1CCCC1)c1ccc(Br)o1. The van der Waals surface area contributed by atoms with E-state index >= 15 is 0 Å². The van der Waals surface area contributed by atoms with E-state index in [0.717, 1.165) is 17.0 Å². The average molecular weight is 301 g/mol. The second-order valence-corrected chi connectivity index (χ2v) is 5.65. The Bertz CT molecular complexity index is 347. The zero-order valence-electron chi connectivity index (χ0n) is 10.6. The highest BCUT2D eigenvalue weighted by atomic mass is 79.9. The van der Waals surface area contributed by atoms with Crippen LogP contribution in [0.2, 0.25) is 0 Å². The molecule has 1 aromatic heterocycles. The number of rotatable bonds is 5. The summed E-state index contributed by atoms with van der Waals surface area (Å²) in [7, 11) is 0. The minimum Gasteiger partial charge on any atom is -0.453 e. The quantitative estimate of drug-likeness (QED) is 0.905. The summed E-state index contributed by atoms with van der Waals surface area (Å²) in [4.78, 5) is 2.55. The van der Waals surface area contributed by atoms with Gasteiger partial charge in [0.1, 0.15) is 5.76 Å². The Morgan fingerprint density at radius 2 is 2.06 bits per heavy atom. The van der Waals surface area contributed by atoms with Crippen LogP contribution in [-0.2, 0) is 0 Å². The largest absolute Gasteiger partial charge is 0.453 e. The number of hydrogen-bond acceptors (Lipinski definition) is 3. The van der Waals surface area contributed by atoms with Crippen molar-refractivity contribution in [3.05, 3.63) is 22.6 Å². The summed E-state index contributed by atoms with van der Waals surface area (Å²) in [5.74, 6) is 0.991. The molecule has 17 heavy (non-hydrogen) atoms. The summed E-state index contributed by atoms with van der Waals surface area (Å²) in [6.07, 6.45) is 2.70. The minimum absolute atomic E-state index is 0.270. The highest BCUT2D eigenvalue weighted by Gasteiger charge is 2.19. The Labute approximate surface area is 112 Å². The maximum atomic E-state index is 5.54. The number of furan rings is 1. The molecule has 0 saturated carbocycles. The average Bonchev–Trinajstić information content (AvgIpc) is 2.95. The number of halogens is 1. The lowest BCUT2D eigenvalue weighted by atomic mass is 10.2. The van der Waals surface area contributed by atoms with Gasteiger partial charge in [-0.3, -0.25) is 4.90 Å². The number of nitrogens with one attached hydrogen (secondary N) is 1. The summed E-state index contributed by atoms with van der Waals surface area (Å²) >= 11 is 3.33. The summed E-state index contributed by atoms with van der Waals surface area (Å²) in [5, 5.41) is 3.53. The molecule has 0 bridgehead atoms. The highest BCUT2D eigenvalue weighted by molar-refractivity contribution is 9.10. The predicted molar refractivity (Wildman–Crippen MR) is 73.1 cm³/mol. The molecule has 0 radical (unpaired) electrons. The van der Waals surface area contributed by atoms with Crippen LogP contribution in [0.25, 0.3) is 0 Å². The van der Waals surface area contributed by atoms with Crippen molar-refractivity contribution in [3.8, 4) is 0 Å². The number of hydrogen-bond donors (Lipinski definition) is 1. The molecule has 2 unspecified atom stereocenters. The Kier molecular flexibility index (Phi) is 4.65. The van der Waals surface area contributed by atoms with Crippen LogP contribution in [0.5, 0.6) is 0 Å². The Morgan fingerprint density at radius 1 is 1.35 bits per heavy atom. The van der Waals surface area contributed by atoms with Crippen molar-refractivity contribution in [3.63, 3.8) is 0 Å². The molecule has 0 amide bonds. The van der Waals surface area contributed by atoms with E-state index in [2.05, 4.69) is 40.0 Å². The van der Waals surface area contributed by atoms with Crippen molar-refractivity contribution in [1.29, 1.82) is 0 Å². The molecule has 3 nitrogen and oxygen atoms in total. The summed E-state index contributed by atoms with van der Waals surface area (Å²) in [6, 6.07) is 4.84. The van der Waals surface area contributed by atoms with Gasteiger partial charge >= 0.3 is 0 Å². The first-order valence-corrected chi connectivity index (χ1v) is 7.19. The van der Waals surface area contributed by atoms with Gasteiger partial charge in [-0.1, -0.05) is 0 Å². The third-order valence-electron chi connectivity index (χ3n) is 3.50. The Balaban J connectivity index is 1.77. The minimum atomic E-state index is 0.270. The van der Waals surface area contributed by atoms with E-state index in [1.54, 1.807) is 0 Å². The molecule has 0 spiro atoms. The number of nitrogens with zero attached hydrogens (tertiary/aromatic N) is 1. The van der Waals surface area contributed by atoms with Crippen molar-refractivity contribution >= 4 is 15.9 Å². The smallest absolute Gasteiger partial charge is 0.169 e. The normalized spacial score (nSPS) is 20.6. The molecular formula is C13H21BrN2O. The van der Waals surface area contributed by atoms with Crippen LogP contribution in [0.3, 0.4) is 0 Å². The van der Waals surface area contributed by atoms with Crippen molar-refractivity contribution in [2.45, 2.75) is 38.8 Å². The van der Waals surface area contributed by atoms with Crippen LogP contribution in [0.15, 0.2) is 21.2 Å². The van der Waals surface area contributed by atoms with Gasteiger partial charge < -0.3 is 9.73 Å². The molecule has 1 N–H and O–H groups in total. The van der Waals surface area contributed by atoms with Crippen molar-refractivity contribution in [2.24, 2.45) is 0 Å². The van der Waals surface area contributed by atoms with Gasteiger partial charge in [-0.2, -0.15) is 0 Å². The molecular weight excluding hydrogens is 280 g/mol. The Hall–Kier alpha value is -0.320. The van der Waals surface area contributed by atoms with E-state index in [0.29, 0.717) is 6.04 Å². The van der Waals surface area contributed by atoms with Crippen LogP contribution in [0.1, 0.15) is 38.5 Å². The van der Waals surface area contributed by atoms with Gasteiger partial charge in [0.25, 0.3) is 0 Å².